The van der Waals surface area contributed by atoms with Gasteiger partial charge in [0.15, 0.2) is 6.23 Å². The van der Waals surface area contributed by atoms with Gasteiger partial charge in [0.05, 0.1) is 12.7 Å². The molecule has 2 heterocycles. The molecule has 6 atom stereocenters. The van der Waals surface area contributed by atoms with Gasteiger partial charge >= 0.3 is 18.3 Å². The number of rotatable bonds is 10. The average molecular weight is 544 g/mol. The SMILES string of the molecule is CC(C)OC(=O)[C@H](C)N[P@@](=S)(OC[C@H]1O[C@@H](n2ccc(=O)[nH]c2=O)[C@](C)(O)[C@@H]1O)Oc1ccccc1. The number of aliphatic hydroxyl groups is 2. The second kappa shape index (κ2) is 11.3. The lowest BCUT2D eigenvalue weighted by Crippen LogP contribution is -2.47. The maximum atomic E-state index is 12.4. The zero-order valence-corrected chi connectivity index (χ0v) is 21.9. The normalized spacial score (nSPS) is 26.4. The first kappa shape index (κ1) is 28.2. The first-order valence-electron chi connectivity index (χ1n) is 11.2. The van der Waals surface area contributed by atoms with Crippen LogP contribution in [0.2, 0.25) is 0 Å². The van der Waals surface area contributed by atoms with E-state index in [4.69, 9.17) is 30.3 Å². The van der Waals surface area contributed by atoms with Gasteiger partial charge in [-0.3, -0.25) is 19.1 Å². The number of nitrogens with zero attached hydrogens (tertiary/aromatic N) is 1. The minimum Gasteiger partial charge on any atom is -0.462 e. The van der Waals surface area contributed by atoms with Gasteiger partial charge in [-0.05, 0) is 51.6 Å². The molecule has 3 rings (SSSR count). The number of hydrogen-bond acceptors (Lipinski definition) is 10. The van der Waals surface area contributed by atoms with Crippen LogP contribution in [0, 0.1) is 0 Å². The van der Waals surface area contributed by atoms with Crippen LogP contribution < -0.4 is 20.9 Å². The predicted octanol–water partition coefficient (Wildman–Crippen LogP) is 0.796. The Morgan fingerprint density at radius 3 is 2.56 bits per heavy atom. The number of carbonyl (C=O) groups excluding carboxylic acids is 1. The van der Waals surface area contributed by atoms with Gasteiger partial charge in [0.25, 0.3) is 5.56 Å². The van der Waals surface area contributed by atoms with Crippen molar-refractivity contribution in [2.45, 2.75) is 63.9 Å². The molecule has 2 aromatic rings. The Balaban J connectivity index is 1.80. The van der Waals surface area contributed by atoms with E-state index in [1.54, 1.807) is 51.1 Å². The van der Waals surface area contributed by atoms with Crippen LogP contribution in [0.5, 0.6) is 5.75 Å². The van der Waals surface area contributed by atoms with Gasteiger partial charge in [0.1, 0.15) is 29.6 Å². The Hall–Kier alpha value is -2.38. The van der Waals surface area contributed by atoms with Crippen LogP contribution in [0.4, 0.5) is 0 Å². The Labute approximate surface area is 212 Å². The van der Waals surface area contributed by atoms with E-state index < -0.39 is 53.9 Å². The number of carbonyl (C=O) groups is 1. The molecular formula is C22H30N3O9PS. The number of aliphatic hydroxyl groups excluding tert-OH is 1. The van der Waals surface area contributed by atoms with E-state index in [9.17, 15) is 24.6 Å². The molecule has 0 saturated carbocycles. The number of aromatic amines is 1. The molecule has 0 aliphatic carbocycles. The van der Waals surface area contributed by atoms with Crippen LogP contribution in [0.15, 0.2) is 52.2 Å². The monoisotopic (exact) mass is 543 g/mol. The lowest BCUT2D eigenvalue weighted by molar-refractivity contribution is -0.149. The van der Waals surface area contributed by atoms with Crippen LogP contribution in [-0.4, -0.2) is 62.3 Å². The summed E-state index contributed by atoms with van der Waals surface area (Å²) < 4.78 is 23.7. The quantitative estimate of drug-likeness (QED) is 0.248. The zero-order valence-electron chi connectivity index (χ0n) is 20.2. The van der Waals surface area contributed by atoms with E-state index in [0.29, 0.717) is 5.75 Å². The van der Waals surface area contributed by atoms with Gasteiger partial charge in [-0.1, -0.05) is 18.2 Å². The van der Waals surface area contributed by atoms with Crippen LogP contribution in [0.25, 0.3) is 0 Å². The third kappa shape index (κ3) is 6.68. The summed E-state index contributed by atoms with van der Waals surface area (Å²) in [7, 11) is 0. The smallest absolute Gasteiger partial charge is 0.330 e. The van der Waals surface area contributed by atoms with Crippen molar-refractivity contribution in [3.8, 4) is 5.75 Å². The molecule has 14 heteroatoms. The van der Waals surface area contributed by atoms with E-state index in [1.165, 1.54) is 6.92 Å². The largest absolute Gasteiger partial charge is 0.462 e. The Bertz CT molecular complexity index is 1220. The number of esters is 1. The van der Waals surface area contributed by atoms with Crippen LogP contribution >= 0.6 is 6.64 Å². The van der Waals surface area contributed by atoms with Crippen LogP contribution in [0.1, 0.15) is 33.9 Å². The topological polar surface area (TPSA) is 161 Å². The minimum absolute atomic E-state index is 0.340. The molecule has 1 aliphatic heterocycles. The summed E-state index contributed by atoms with van der Waals surface area (Å²) in [6.07, 6.45) is -3.14. The van der Waals surface area contributed by atoms with Gasteiger partial charge in [0.2, 0.25) is 0 Å². The van der Waals surface area contributed by atoms with Gasteiger partial charge < -0.3 is 28.7 Å². The molecular weight excluding hydrogens is 513 g/mol. The number of H-pyrrole nitrogens is 1. The standard InChI is InChI=1S/C22H30N3O9PS/c1-13(2)32-19(28)14(3)24-35(36,34-15-8-6-5-7-9-15)31-12-16-18(27)22(4,30)20(33-16)25-11-10-17(26)23-21(25)29/h5-11,13-14,16,18,20,27,30H,12H2,1-4H3,(H,24,36)(H,23,26,29)/t14-,16+,18+,20+,22+,35+/m0/s1. The highest BCUT2D eigenvalue weighted by Gasteiger charge is 2.53. The van der Waals surface area contributed by atoms with Crippen molar-refractivity contribution in [3.05, 3.63) is 63.4 Å². The zero-order chi connectivity index (χ0) is 26.7. The summed E-state index contributed by atoms with van der Waals surface area (Å²) in [5.74, 6) is -0.174. The molecule has 0 spiro atoms. The van der Waals surface area contributed by atoms with Crippen molar-refractivity contribution in [2.24, 2.45) is 0 Å². The second-order valence-electron chi connectivity index (χ2n) is 8.75. The van der Waals surface area contributed by atoms with Crippen molar-refractivity contribution < 1.29 is 33.5 Å². The summed E-state index contributed by atoms with van der Waals surface area (Å²) in [5.41, 5.74) is -3.36. The summed E-state index contributed by atoms with van der Waals surface area (Å²) >= 11 is 5.63. The highest BCUT2D eigenvalue weighted by Crippen LogP contribution is 2.47. The second-order valence-corrected chi connectivity index (χ2v) is 11.9. The predicted molar refractivity (Wildman–Crippen MR) is 133 cm³/mol. The third-order valence-electron chi connectivity index (χ3n) is 5.29. The summed E-state index contributed by atoms with van der Waals surface area (Å²) in [5, 5.41) is 24.5. The summed E-state index contributed by atoms with van der Waals surface area (Å²) in [6, 6.07) is 8.79. The molecule has 0 radical (unpaired) electrons. The van der Waals surface area contributed by atoms with Crippen molar-refractivity contribution >= 4 is 24.4 Å². The van der Waals surface area contributed by atoms with Gasteiger partial charge in [0, 0.05) is 12.3 Å². The Morgan fingerprint density at radius 2 is 1.94 bits per heavy atom. The highest BCUT2D eigenvalue weighted by atomic mass is 32.5. The van der Waals surface area contributed by atoms with Crippen LogP contribution in [-0.2, 0) is 30.6 Å². The van der Waals surface area contributed by atoms with Crippen molar-refractivity contribution in [3.63, 3.8) is 0 Å². The lowest BCUT2D eigenvalue weighted by Gasteiger charge is -2.28. The lowest BCUT2D eigenvalue weighted by atomic mass is 9.96. The maximum absolute atomic E-state index is 12.4. The molecule has 36 heavy (non-hydrogen) atoms. The van der Waals surface area contributed by atoms with Gasteiger partial charge in [-0.2, -0.15) is 0 Å². The highest BCUT2D eigenvalue weighted by molar-refractivity contribution is 8.09. The molecule has 0 amide bonds. The van der Waals surface area contributed by atoms with Gasteiger partial charge in [-0.25, -0.2) is 9.88 Å². The van der Waals surface area contributed by atoms with Crippen LogP contribution in [0.3, 0.4) is 0 Å². The summed E-state index contributed by atoms with van der Waals surface area (Å²) in [6.45, 7) is 2.49. The fourth-order valence-electron chi connectivity index (χ4n) is 3.50. The molecule has 1 saturated heterocycles. The van der Waals surface area contributed by atoms with Crippen molar-refractivity contribution in [2.75, 3.05) is 6.61 Å². The third-order valence-corrected chi connectivity index (χ3v) is 7.79. The molecule has 0 unspecified atom stereocenters. The Morgan fingerprint density at radius 1 is 1.28 bits per heavy atom. The number of nitrogens with one attached hydrogen (secondary N) is 2. The van der Waals surface area contributed by atoms with E-state index in [1.807, 2.05) is 0 Å². The Kier molecular flexibility index (Phi) is 8.88. The number of ether oxygens (including phenoxy) is 2. The van der Waals surface area contributed by atoms with Gasteiger partial charge in [-0.15, -0.1) is 0 Å². The molecule has 12 nitrogen and oxygen atoms in total. The molecule has 1 aromatic heterocycles. The maximum Gasteiger partial charge on any atom is 0.330 e. The molecule has 1 fully saturated rings. The van der Waals surface area contributed by atoms with E-state index in [0.717, 1.165) is 16.8 Å². The number of hydrogen-bond donors (Lipinski definition) is 4. The first-order chi connectivity index (χ1) is 16.8. The fourth-order valence-corrected chi connectivity index (χ4v) is 5.91. The van der Waals surface area contributed by atoms with E-state index in [-0.39, 0.29) is 12.7 Å². The number of benzene rings is 1. The molecule has 4 N–H and O–H groups in total. The van der Waals surface area contributed by atoms with Crippen molar-refractivity contribution in [1.29, 1.82) is 0 Å². The first-order valence-corrected chi connectivity index (χ1v) is 13.8. The average Bonchev–Trinajstić information content (AvgIpc) is 3.01. The number of para-hydroxylation sites is 1. The van der Waals surface area contributed by atoms with Crippen molar-refractivity contribution in [1.82, 2.24) is 14.6 Å². The molecule has 1 aromatic carbocycles. The molecule has 1 aliphatic rings. The van der Waals surface area contributed by atoms with E-state index in [2.05, 4.69) is 10.1 Å². The fraction of sp³-hybridized carbons (Fsp3) is 0.500. The molecule has 0 bridgehead atoms. The molecule has 198 valence electrons. The summed E-state index contributed by atoms with van der Waals surface area (Å²) in [4.78, 5) is 38.1. The minimum atomic E-state index is -3.43. The number of aromatic nitrogens is 2. The van der Waals surface area contributed by atoms with E-state index >= 15 is 0 Å².